The summed E-state index contributed by atoms with van der Waals surface area (Å²) in [5.74, 6) is 0. The number of aromatic nitrogens is 1. The van der Waals surface area contributed by atoms with Gasteiger partial charge in [-0.1, -0.05) is 13.0 Å². The second-order valence-electron chi connectivity index (χ2n) is 4.76. The number of hydrogen-bond donors (Lipinski definition) is 0. The molecule has 2 rings (SSSR count). The number of rotatable bonds is 4. The van der Waals surface area contributed by atoms with Gasteiger partial charge in [0.2, 0.25) is 0 Å². The van der Waals surface area contributed by atoms with E-state index in [0.29, 0.717) is 0 Å². The Balaban J connectivity index is 1.90. The zero-order valence-electron chi connectivity index (χ0n) is 10.4. The highest BCUT2D eigenvalue weighted by Gasteiger charge is 2.22. The van der Waals surface area contributed by atoms with Crippen LogP contribution in [0.2, 0.25) is 0 Å². The summed E-state index contributed by atoms with van der Waals surface area (Å²) in [6, 6.07) is 5.00. The maximum atomic E-state index is 4.46. The van der Waals surface area contributed by atoms with E-state index in [2.05, 4.69) is 29.8 Å². The van der Waals surface area contributed by atoms with Crippen LogP contribution >= 0.6 is 0 Å². The highest BCUT2D eigenvalue weighted by molar-refractivity contribution is 5.17. The van der Waals surface area contributed by atoms with E-state index in [9.17, 15) is 0 Å². The third-order valence-electron chi connectivity index (χ3n) is 3.72. The van der Waals surface area contributed by atoms with Gasteiger partial charge in [0, 0.05) is 30.9 Å². The molecule has 1 aliphatic rings. The standard InChI is InChI=1S/C14H22N2/c1-3-13-7-5-10-16(13)11-8-14-12(2)6-4-9-15-14/h4,6,9,13H,3,5,7-8,10-11H2,1-2H3. The smallest absolute Gasteiger partial charge is 0.0445 e. The highest BCUT2D eigenvalue weighted by Crippen LogP contribution is 2.20. The van der Waals surface area contributed by atoms with Gasteiger partial charge >= 0.3 is 0 Å². The van der Waals surface area contributed by atoms with E-state index < -0.39 is 0 Å². The fourth-order valence-corrected chi connectivity index (χ4v) is 2.68. The zero-order valence-corrected chi connectivity index (χ0v) is 10.4. The zero-order chi connectivity index (χ0) is 11.4. The molecule has 2 heteroatoms. The molecule has 0 radical (unpaired) electrons. The van der Waals surface area contributed by atoms with E-state index in [1.54, 1.807) is 0 Å². The van der Waals surface area contributed by atoms with Gasteiger partial charge < -0.3 is 4.90 Å². The summed E-state index contributed by atoms with van der Waals surface area (Å²) >= 11 is 0. The molecular formula is C14H22N2. The Hall–Kier alpha value is -0.890. The molecule has 1 aliphatic heterocycles. The van der Waals surface area contributed by atoms with Crippen molar-refractivity contribution < 1.29 is 0 Å². The van der Waals surface area contributed by atoms with Crippen molar-refractivity contribution in [3.8, 4) is 0 Å². The van der Waals surface area contributed by atoms with Gasteiger partial charge in [0.05, 0.1) is 0 Å². The highest BCUT2D eigenvalue weighted by atomic mass is 15.2. The summed E-state index contributed by atoms with van der Waals surface area (Å²) in [7, 11) is 0. The molecule has 0 amide bonds. The third kappa shape index (κ3) is 2.62. The van der Waals surface area contributed by atoms with Crippen LogP contribution in [0.4, 0.5) is 0 Å². The molecule has 0 aliphatic carbocycles. The Morgan fingerprint density at radius 1 is 1.50 bits per heavy atom. The minimum atomic E-state index is 0.823. The molecule has 0 aromatic carbocycles. The van der Waals surface area contributed by atoms with E-state index in [1.165, 1.54) is 43.6 Å². The van der Waals surface area contributed by atoms with E-state index in [-0.39, 0.29) is 0 Å². The van der Waals surface area contributed by atoms with Crippen LogP contribution in [0.3, 0.4) is 0 Å². The fraction of sp³-hybridized carbons (Fsp3) is 0.643. The maximum absolute atomic E-state index is 4.46. The SMILES string of the molecule is CCC1CCCN1CCc1ncccc1C. The number of hydrogen-bond acceptors (Lipinski definition) is 2. The van der Waals surface area contributed by atoms with Crippen molar-refractivity contribution in [2.24, 2.45) is 0 Å². The van der Waals surface area contributed by atoms with Crippen molar-refractivity contribution in [1.82, 2.24) is 9.88 Å². The van der Waals surface area contributed by atoms with Gasteiger partial charge in [-0.2, -0.15) is 0 Å². The first kappa shape index (κ1) is 11.6. The fourth-order valence-electron chi connectivity index (χ4n) is 2.68. The lowest BCUT2D eigenvalue weighted by Gasteiger charge is -2.23. The lowest BCUT2D eigenvalue weighted by molar-refractivity contribution is 0.250. The first-order valence-corrected chi connectivity index (χ1v) is 6.45. The molecule has 0 N–H and O–H groups in total. The molecule has 0 bridgehead atoms. The molecule has 88 valence electrons. The summed E-state index contributed by atoms with van der Waals surface area (Å²) in [6.45, 7) is 6.92. The summed E-state index contributed by atoms with van der Waals surface area (Å²) in [6.07, 6.45) is 7.06. The van der Waals surface area contributed by atoms with Crippen LogP contribution in [0.1, 0.15) is 37.4 Å². The molecule has 1 saturated heterocycles. The predicted octanol–water partition coefficient (Wildman–Crippen LogP) is 2.81. The normalized spacial score (nSPS) is 21.5. The van der Waals surface area contributed by atoms with Crippen molar-refractivity contribution >= 4 is 0 Å². The van der Waals surface area contributed by atoms with Gasteiger partial charge in [0.25, 0.3) is 0 Å². The molecule has 1 atom stereocenters. The van der Waals surface area contributed by atoms with Gasteiger partial charge in [-0.05, 0) is 44.4 Å². The van der Waals surface area contributed by atoms with Gasteiger partial charge in [-0.25, -0.2) is 0 Å². The molecule has 1 unspecified atom stereocenters. The van der Waals surface area contributed by atoms with Crippen molar-refractivity contribution in [3.63, 3.8) is 0 Å². The van der Waals surface area contributed by atoms with Gasteiger partial charge in [-0.3, -0.25) is 4.98 Å². The third-order valence-corrected chi connectivity index (χ3v) is 3.72. The summed E-state index contributed by atoms with van der Waals surface area (Å²) in [5.41, 5.74) is 2.60. The van der Waals surface area contributed by atoms with Gasteiger partial charge in [0.15, 0.2) is 0 Å². The monoisotopic (exact) mass is 218 g/mol. The summed E-state index contributed by atoms with van der Waals surface area (Å²) in [5, 5.41) is 0. The Bertz CT molecular complexity index is 335. The van der Waals surface area contributed by atoms with Crippen LogP contribution in [0.5, 0.6) is 0 Å². The van der Waals surface area contributed by atoms with E-state index in [0.717, 1.165) is 12.5 Å². The Labute approximate surface area is 98.7 Å². The molecule has 2 heterocycles. The van der Waals surface area contributed by atoms with Crippen molar-refractivity contribution in [2.45, 2.75) is 45.6 Å². The average Bonchev–Trinajstić information content (AvgIpc) is 2.75. The second kappa shape index (κ2) is 5.44. The number of aryl methyl sites for hydroxylation is 1. The Morgan fingerprint density at radius 2 is 2.38 bits per heavy atom. The molecule has 2 nitrogen and oxygen atoms in total. The van der Waals surface area contributed by atoms with Gasteiger partial charge in [0.1, 0.15) is 0 Å². The molecule has 1 aromatic rings. The van der Waals surface area contributed by atoms with E-state index in [1.807, 2.05) is 12.3 Å². The molecule has 0 spiro atoms. The quantitative estimate of drug-likeness (QED) is 0.772. The minimum absolute atomic E-state index is 0.823. The topological polar surface area (TPSA) is 16.1 Å². The van der Waals surface area contributed by atoms with Crippen LogP contribution in [0, 0.1) is 6.92 Å². The van der Waals surface area contributed by atoms with Crippen LogP contribution in [-0.2, 0) is 6.42 Å². The van der Waals surface area contributed by atoms with Crippen LogP contribution in [0.15, 0.2) is 18.3 Å². The van der Waals surface area contributed by atoms with Crippen molar-refractivity contribution in [2.75, 3.05) is 13.1 Å². The van der Waals surface area contributed by atoms with Crippen LogP contribution in [0.25, 0.3) is 0 Å². The Morgan fingerprint density at radius 3 is 3.12 bits per heavy atom. The van der Waals surface area contributed by atoms with Crippen LogP contribution < -0.4 is 0 Å². The number of pyridine rings is 1. The van der Waals surface area contributed by atoms with Crippen LogP contribution in [-0.4, -0.2) is 29.0 Å². The first-order chi connectivity index (χ1) is 7.81. The van der Waals surface area contributed by atoms with Crippen molar-refractivity contribution in [1.29, 1.82) is 0 Å². The minimum Gasteiger partial charge on any atom is -0.300 e. The molecular weight excluding hydrogens is 196 g/mol. The predicted molar refractivity (Wildman–Crippen MR) is 67.6 cm³/mol. The second-order valence-corrected chi connectivity index (χ2v) is 4.76. The maximum Gasteiger partial charge on any atom is 0.0445 e. The largest absolute Gasteiger partial charge is 0.300 e. The van der Waals surface area contributed by atoms with Crippen molar-refractivity contribution in [3.05, 3.63) is 29.6 Å². The molecule has 16 heavy (non-hydrogen) atoms. The lowest BCUT2D eigenvalue weighted by Crippen LogP contribution is -2.31. The van der Waals surface area contributed by atoms with Gasteiger partial charge in [-0.15, -0.1) is 0 Å². The average molecular weight is 218 g/mol. The summed E-state index contributed by atoms with van der Waals surface area (Å²) in [4.78, 5) is 7.10. The molecule has 1 fully saturated rings. The molecule has 0 saturated carbocycles. The summed E-state index contributed by atoms with van der Waals surface area (Å²) < 4.78 is 0. The first-order valence-electron chi connectivity index (χ1n) is 6.45. The number of likely N-dealkylation sites (tertiary alicyclic amines) is 1. The number of nitrogens with zero attached hydrogens (tertiary/aromatic N) is 2. The van der Waals surface area contributed by atoms with E-state index in [4.69, 9.17) is 0 Å². The van der Waals surface area contributed by atoms with E-state index >= 15 is 0 Å². The molecule has 1 aromatic heterocycles. The Kier molecular flexibility index (Phi) is 3.94. The lowest BCUT2D eigenvalue weighted by atomic mass is 10.1.